The molecular formula is C21H26N2O3. The molecule has 2 aromatic carbocycles. The van der Waals surface area contributed by atoms with Gasteiger partial charge in [-0.2, -0.15) is 0 Å². The molecule has 2 aromatic rings. The normalized spacial score (nSPS) is 15.7. The first kappa shape index (κ1) is 18.1. The number of carbonyl (C=O) groups is 1. The van der Waals surface area contributed by atoms with Crippen molar-refractivity contribution in [3.05, 3.63) is 59.7 Å². The van der Waals surface area contributed by atoms with Gasteiger partial charge in [0.15, 0.2) is 11.5 Å². The van der Waals surface area contributed by atoms with Crippen molar-refractivity contribution in [2.75, 3.05) is 20.8 Å². The summed E-state index contributed by atoms with van der Waals surface area (Å²) in [4.78, 5) is 12.3. The van der Waals surface area contributed by atoms with Crippen LogP contribution in [-0.2, 0) is 5.41 Å². The van der Waals surface area contributed by atoms with E-state index >= 15 is 0 Å². The number of amides is 2. The molecule has 0 heterocycles. The van der Waals surface area contributed by atoms with E-state index in [9.17, 15) is 4.79 Å². The average molecular weight is 354 g/mol. The Morgan fingerprint density at radius 1 is 1.08 bits per heavy atom. The number of hydrogen-bond acceptors (Lipinski definition) is 3. The second kappa shape index (κ2) is 7.68. The molecule has 1 aliphatic carbocycles. The van der Waals surface area contributed by atoms with E-state index in [4.69, 9.17) is 9.47 Å². The molecule has 1 saturated carbocycles. The van der Waals surface area contributed by atoms with Crippen molar-refractivity contribution in [3.63, 3.8) is 0 Å². The smallest absolute Gasteiger partial charge is 0.315 e. The van der Waals surface area contributed by atoms with Crippen LogP contribution in [0.25, 0.3) is 0 Å². The van der Waals surface area contributed by atoms with Crippen molar-refractivity contribution in [1.82, 2.24) is 10.6 Å². The average Bonchev–Trinajstić information content (AvgIpc) is 3.47. The summed E-state index contributed by atoms with van der Waals surface area (Å²) in [6, 6.07) is 15.7. The fourth-order valence-corrected chi connectivity index (χ4v) is 3.21. The Labute approximate surface area is 154 Å². The van der Waals surface area contributed by atoms with E-state index in [1.165, 1.54) is 5.56 Å². The van der Waals surface area contributed by atoms with Crippen molar-refractivity contribution in [2.45, 2.75) is 31.2 Å². The molecule has 0 saturated heterocycles. The third-order valence-electron chi connectivity index (χ3n) is 5.08. The third-order valence-corrected chi connectivity index (χ3v) is 5.08. The van der Waals surface area contributed by atoms with Crippen molar-refractivity contribution in [1.29, 1.82) is 0 Å². The number of benzene rings is 2. The van der Waals surface area contributed by atoms with Gasteiger partial charge in [-0.1, -0.05) is 36.4 Å². The Bertz CT molecular complexity index is 757. The summed E-state index contributed by atoms with van der Waals surface area (Å²) in [6.07, 6.45) is 2.11. The van der Waals surface area contributed by atoms with Crippen LogP contribution in [0.15, 0.2) is 48.5 Å². The lowest BCUT2D eigenvalue weighted by Crippen LogP contribution is -2.40. The van der Waals surface area contributed by atoms with Crippen LogP contribution < -0.4 is 20.1 Å². The van der Waals surface area contributed by atoms with Gasteiger partial charge in [-0.15, -0.1) is 0 Å². The minimum absolute atomic E-state index is 0.00707. The molecule has 2 amide bonds. The third kappa shape index (κ3) is 3.93. The van der Waals surface area contributed by atoms with Crippen LogP contribution in [0.2, 0.25) is 0 Å². The van der Waals surface area contributed by atoms with E-state index in [0.717, 1.165) is 29.9 Å². The molecule has 0 aromatic heterocycles. The number of methoxy groups -OCH3 is 2. The van der Waals surface area contributed by atoms with E-state index in [0.29, 0.717) is 6.54 Å². The number of carbonyl (C=O) groups excluding carboxylic acids is 1. The molecular weight excluding hydrogens is 328 g/mol. The lowest BCUT2D eigenvalue weighted by atomic mass is 9.95. The number of ether oxygens (including phenoxy) is 2. The lowest BCUT2D eigenvalue weighted by Gasteiger charge is -2.20. The molecule has 0 aliphatic heterocycles. The summed E-state index contributed by atoms with van der Waals surface area (Å²) in [6.45, 7) is 2.59. The Morgan fingerprint density at radius 3 is 2.38 bits per heavy atom. The van der Waals surface area contributed by atoms with Crippen LogP contribution in [0.5, 0.6) is 11.5 Å². The molecule has 2 N–H and O–H groups in total. The van der Waals surface area contributed by atoms with Crippen LogP contribution in [0.3, 0.4) is 0 Å². The molecule has 0 bridgehead atoms. The van der Waals surface area contributed by atoms with Crippen LogP contribution >= 0.6 is 0 Å². The SMILES string of the molecule is COc1ccc(C2(CNC(=O)NC(C)c3ccccc3)CC2)cc1OC. The molecule has 0 spiro atoms. The van der Waals surface area contributed by atoms with Gasteiger partial charge in [-0.25, -0.2) is 4.79 Å². The maximum absolute atomic E-state index is 12.3. The Balaban J connectivity index is 1.59. The molecule has 5 heteroatoms. The maximum atomic E-state index is 12.3. The van der Waals surface area contributed by atoms with Crippen molar-refractivity contribution >= 4 is 6.03 Å². The Hall–Kier alpha value is -2.69. The summed E-state index contributed by atoms with van der Waals surface area (Å²) < 4.78 is 10.7. The monoisotopic (exact) mass is 354 g/mol. The first-order valence-corrected chi connectivity index (χ1v) is 8.90. The fourth-order valence-electron chi connectivity index (χ4n) is 3.21. The molecule has 138 valence electrons. The molecule has 26 heavy (non-hydrogen) atoms. The highest BCUT2D eigenvalue weighted by molar-refractivity contribution is 5.74. The number of rotatable bonds is 7. The number of nitrogens with one attached hydrogen (secondary N) is 2. The Kier molecular flexibility index (Phi) is 5.35. The topological polar surface area (TPSA) is 59.6 Å². The summed E-state index contributed by atoms with van der Waals surface area (Å²) in [5.74, 6) is 1.44. The van der Waals surface area contributed by atoms with Crippen LogP contribution in [-0.4, -0.2) is 26.8 Å². The van der Waals surface area contributed by atoms with Crippen LogP contribution in [0.1, 0.15) is 36.9 Å². The summed E-state index contributed by atoms with van der Waals surface area (Å²) >= 11 is 0. The van der Waals surface area contributed by atoms with Gasteiger partial charge < -0.3 is 20.1 Å². The van der Waals surface area contributed by atoms with Gasteiger partial charge in [-0.3, -0.25) is 0 Å². The van der Waals surface area contributed by atoms with Crippen molar-refractivity contribution in [3.8, 4) is 11.5 Å². The summed E-state index contributed by atoms with van der Waals surface area (Å²) in [5, 5.41) is 6.02. The highest BCUT2D eigenvalue weighted by Crippen LogP contribution is 2.49. The lowest BCUT2D eigenvalue weighted by molar-refractivity contribution is 0.237. The highest BCUT2D eigenvalue weighted by atomic mass is 16.5. The maximum Gasteiger partial charge on any atom is 0.315 e. The molecule has 3 rings (SSSR count). The first-order chi connectivity index (χ1) is 12.6. The zero-order valence-electron chi connectivity index (χ0n) is 15.5. The van der Waals surface area contributed by atoms with Gasteiger partial charge in [0.2, 0.25) is 0 Å². The molecule has 5 nitrogen and oxygen atoms in total. The molecule has 1 fully saturated rings. The van der Waals surface area contributed by atoms with Crippen molar-refractivity contribution < 1.29 is 14.3 Å². The minimum Gasteiger partial charge on any atom is -0.493 e. The molecule has 1 aliphatic rings. The number of urea groups is 1. The second-order valence-electron chi connectivity index (χ2n) is 6.81. The van der Waals surface area contributed by atoms with E-state index in [-0.39, 0.29) is 17.5 Å². The quantitative estimate of drug-likeness (QED) is 0.795. The van der Waals surface area contributed by atoms with Gasteiger partial charge >= 0.3 is 6.03 Å². The van der Waals surface area contributed by atoms with E-state index in [1.807, 2.05) is 49.4 Å². The highest BCUT2D eigenvalue weighted by Gasteiger charge is 2.44. The van der Waals surface area contributed by atoms with E-state index in [1.54, 1.807) is 14.2 Å². The van der Waals surface area contributed by atoms with E-state index < -0.39 is 0 Å². The number of hydrogen-bond donors (Lipinski definition) is 2. The zero-order valence-corrected chi connectivity index (χ0v) is 15.5. The van der Waals surface area contributed by atoms with Crippen LogP contribution in [0, 0.1) is 0 Å². The fraction of sp³-hybridized carbons (Fsp3) is 0.381. The summed E-state index contributed by atoms with van der Waals surface area (Å²) in [5.41, 5.74) is 2.25. The van der Waals surface area contributed by atoms with Gasteiger partial charge in [0.1, 0.15) is 0 Å². The predicted octanol–water partition coefficient (Wildman–Crippen LogP) is 3.80. The van der Waals surface area contributed by atoms with Gasteiger partial charge in [0.25, 0.3) is 0 Å². The first-order valence-electron chi connectivity index (χ1n) is 8.90. The molecule has 1 unspecified atom stereocenters. The summed E-state index contributed by atoms with van der Waals surface area (Å²) in [7, 11) is 3.27. The molecule has 1 atom stereocenters. The minimum atomic E-state index is -0.145. The molecule has 0 radical (unpaired) electrons. The van der Waals surface area contributed by atoms with Crippen molar-refractivity contribution in [2.24, 2.45) is 0 Å². The van der Waals surface area contributed by atoms with Gasteiger partial charge in [0, 0.05) is 12.0 Å². The van der Waals surface area contributed by atoms with E-state index in [2.05, 4.69) is 16.7 Å². The predicted molar refractivity (Wildman–Crippen MR) is 102 cm³/mol. The van der Waals surface area contributed by atoms with Gasteiger partial charge in [0.05, 0.1) is 20.3 Å². The van der Waals surface area contributed by atoms with Crippen LogP contribution in [0.4, 0.5) is 4.79 Å². The zero-order chi connectivity index (χ0) is 18.6. The van der Waals surface area contributed by atoms with Gasteiger partial charge in [-0.05, 0) is 43.0 Å². The Morgan fingerprint density at radius 2 is 1.77 bits per heavy atom. The largest absolute Gasteiger partial charge is 0.493 e. The second-order valence-corrected chi connectivity index (χ2v) is 6.81. The standard InChI is InChI=1S/C21H26N2O3/c1-15(16-7-5-4-6-8-16)23-20(24)22-14-21(11-12-21)17-9-10-18(25-2)19(13-17)26-3/h4-10,13,15H,11-12,14H2,1-3H3,(H2,22,23,24).